The Labute approximate surface area is 133 Å². The van der Waals surface area contributed by atoms with Crippen LogP contribution < -0.4 is 10.5 Å². The Bertz CT molecular complexity index is 433. The van der Waals surface area contributed by atoms with E-state index in [0.29, 0.717) is 17.3 Å². The summed E-state index contributed by atoms with van der Waals surface area (Å²) in [7, 11) is 0. The number of benzene rings is 1. The third kappa shape index (κ3) is 4.63. The van der Waals surface area contributed by atoms with Crippen LogP contribution in [0.15, 0.2) is 24.3 Å². The second kappa shape index (κ2) is 7.52. The number of rotatable bonds is 6. The van der Waals surface area contributed by atoms with Gasteiger partial charge in [-0.25, -0.2) is 0 Å². The van der Waals surface area contributed by atoms with Gasteiger partial charge in [-0.2, -0.15) is 11.8 Å². The molecule has 1 unspecified atom stereocenters. The van der Waals surface area contributed by atoms with E-state index in [4.69, 9.17) is 10.5 Å². The second-order valence-electron chi connectivity index (χ2n) is 6.25. The van der Waals surface area contributed by atoms with E-state index in [9.17, 15) is 0 Å². The zero-order chi connectivity index (χ0) is 15.3. The third-order valence-corrected chi connectivity index (χ3v) is 5.15. The fraction of sp³-hybridized carbons (Fsp3) is 0.647. The number of nitrogens with zero attached hydrogens (tertiary/aromatic N) is 1. The van der Waals surface area contributed by atoms with Crippen molar-refractivity contribution in [2.45, 2.75) is 38.0 Å². The van der Waals surface area contributed by atoms with E-state index in [0.717, 1.165) is 31.9 Å². The Hall–Kier alpha value is -0.710. The molecule has 1 fully saturated rings. The minimum Gasteiger partial charge on any atom is -0.494 e. The summed E-state index contributed by atoms with van der Waals surface area (Å²) in [6, 6.07) is 8.77. The first-order chi connectivity index (χ1) is 10.1. The predicted octanol–water partition coefficient (Wildman–Crippen LogP) is 3.30. The van der Waals surface area contributed by atoms with Crippen molar-refractivity contribution < 1.29 is 4.74 Å². The minimum absolute atomic E-state index is 0.311. The number of hydrogen-bond donors (Lipinski definition) is 1. The first kappa shape index (κ1) is 16.7. The van der Waals surface area contributed by atoms with Gasteiger partial charge >= 0.3 is 0 Å². The minimum atomic E-state index is 0.311. The van der Waals surface area contributed by atoms with Gasteiger partial charge in [0, 0.05) is 36.2 Å². The molecule has 1 aromatic carbocycles. The van der Waals surface area contributed by atoms with Gasteiger partial charge in [-0.3, -0.25) is 4.90 Å². The van der Waals surface area contributed by atoms with Gasteiger partial charge in [0.2, 0.25) is 0 Å². The van der Waals surface area contributed by atoms with Crippen molar-refractivity contribution in [3.63, 3.8) is 0 Å². The first-order valence-corrected chi connectivity index (χ1v) is 8.85. The van der Waals surface area contributed by atoms with Gasteiger partial charge < -0.3 is 10.5 Å². The molecular formula is C17H28N2OS. The molecule has 2 N–H and O–H groups in total. The molecule has 118 valence electrons. The highest BCUT2D eigenvalue weighted by atomic mass is 32.2. The summed E-state index contributed by atoms with van der Waals surface area (Å²) < 4.78 is 5.97. The largest absolute Gasteiger partial charge is 0.494 e. The van der Waals surface area contributed by atoms with E-state index < -0.39 is 0 Å². The zero-order valence-electron chi connectivity index (χ0n) is 13.5. The van der Waals surface area contributed by atoms with Crippen LogP contribution in [0.1, 0.15) is 38.8 Å². The summed E-state index contributed by atoms with van der Waals surface area (Å²) in [6.45, 7) is 10.4. The van der Waals surface area contributed by atoms with Gasteiger partial charge in [0.25, 0.3) is 0 Å². The quantitative estimate of drug-likeness (QED) is 0.875. The Morgan fingerprint density at radius 3 is 2.62 bits per heavy atom. The second-order valence-corrected chi connectivity index (χ2v) is 8.05. The lowest BCUT2D eigenvalue weighted by molar-refractivity contribution is 0.192. The van der Waals surface area contributed by atoms with Crippen molar-refractivity contribution in [2.75, 3.05) is 32.0 Å². The molecular weight excluding hydrogens is 280 g/mol. The number of ether oxygens (including phenoxy) is 1. The van der Waals surface area contributed by atoms with Crippen molar-refractivity contribution in [2.24, 2.45) is 5.73 Å². The van der Waals surface area contributed by atoms with Gasteiger partial charge in [0.15, 0.2) is 0 Å². The van der Waals surface area contributed by atoms with Gasteiger partial charge in [-0.15, -0.1) is 0 Å². The van der Waals surface area contributed by atoms with Crippen LogP contribution >= 0.6 is 11.8 Å². The van der Waals surface area contributed by atoms with Crippen LogP contribution in [0.5, 0.6) is 5.75 Å². The van der Waals surface area contributed by atoms with Gasteiger partial charge in [0.05, 0.1) is 6.61 Å². The smallest absolute Gasteiger partial charge is 0.119 e. The topological polar surface area (TPSA) is 38.5 Å². The molecule has 2 rings (SSSR count). The summed E-state index contributed by atoms with van der Waals surface area (Å²) in [6.07, 6.45) is 1.04. The monoisotopic (exact) mass is 308 g/mol. The number of nitrogens with two attached hydrogens (primary N) is 1. The lowest BCUT2D eigenvalue weighted by Crippen LogP contribution is -2.46. The van der Waals surface area contributed by atoms with Gasteiger partial charge in [-0.1, -0.05) is 19.1 Å². The average molecular weight is 308 g/mol. The SMILES string of the molecule is CCCOc1ccc(C(CN)N2CCSC(C)(C)C2)cc1. The Balaban J connectivity index is 2.06. The molecule has 0 radical (unpaired) electrons. The van der Waals surface area contributed by atoms with Crippen molar-refractivity contribution >= 4 is 11.8 Å². The summed E-state index contributed by atoms with van der Waals surface area (Å²) >= 11 is 2.06. The normalized spacial score (nSPS) is 20.2. The first-order valence-electron chi connectivity index (χ1n) is 7.86. The Morgan fingerprint density at radius 1 is 1.33 bits per heavy atom. The molecule has 0 aliphatic carbocycles. The molecule has 0 amide bonds. The molecule has 1 aliphatic heterocycles. The molecule has 0 bridgehead atoms. The highest BCUT2D eigenvalue weighted by molar-refractivity contribution is 8.00. The fourth-order valence-corrected chi connectivity index (χ4v) is 3.96. The summed E-state index contributed by atoms with van der Waals surface area (Å²) in [5.74, 6) is 2.13. The van der Waals surface area contributed by atoms with Crippen LogP contribution in [0.3, 0.4) is 0 Å². The molecule has 0 spiro atoms. The van der Waals surface area contributed by atoms with Crippen LogP contribution in [0.2, 0.25) is 0 Å². The van der Waals surface area contributed by atoms with Crippen molar-refractivity contribution in [1.82, 2.24) is 4.90 Å². The molecule has 3 nitrogen and oxygen atoms in total. The zero-order valence-corrected chi connectivity index (χ0v) is 14.3. The fourth-order valence-electron chi connectivity index (χ4n) is 2.82. The molecule has 1 heterocycles. The van der Waals surface area contributed by atoms with Crippen LogP contribution in [-0.2, 0) is 0 Å². The van der Waals surface area contributed by atoms with E-state index in [1.54, 1.807) is 0 Å². The maximum atomic E-state index is 6.06. The summed E-state index contributed by atoms with van der Waals surface area (Å²) in [4.78, 5) is 2.53. The van der Waals surface area contributed by atoms with E-state index in [-0.39, 0.29) is 0 Å². The lowest BCUT2D eigenvalue weighted by Gasteiger charge is -2.41. The molecule has 0 aromatic heterocycles. The van der Waals surface area contributed by atoms with Crippen molar-refractivity contribution in [3.8, 4) is 5.75 Å². The van der Waals surface area contributed by atoms with E-state index in [2.05, 4.69) is 61.7 Å². The molecule has 1 aliphatic rings. The molecule has 0 saturated carbocycles. The third-order valence-electron chi connectivity index (χ3n) is 3.86. The van der Waals surface area contributed by atoms with Crippen LogP contribution in [0, 0.1) is 0 Å². The van der Waals surface area contributed by atoms with Crippen molar-refractivity contribution in [1.29, 1.82) is 0 Å². The Kier molecular flexibility index (Phi) is 5.97. The highest BCUT2D eigenvalue weighted by Crippen LogP contribution is 2.34. The van der Waals surface area contributed by atoms with E-state index in [1.165, 1.54) is 11.3 Å². The molecule has 1 saturated heterocycles. The maximum absolute atomic E-state index is 6.06. The van der Waals surface area contributed by atoms with Gasteiger partial charge in [-0.05, 0) is 38.0 Å². The molecule has 1 aromatic rings. The summed E-state index contributed by atoms with van der Waals surface area (Å²) in [5.41, 5.74) is 7.36. The average Bonchev–Trinajstić information content (AvgIpc) is 2.46. The summed E-state index contributed by atoms with van der Waals surface area (Å²) in [5, 5.41) is 0. The van der Waals surface area contributed by atoms with Crippen molar-refractivity contribution in [3.05, 3.63) is 29.8 Å². The number of hydrogen-bond acceptors (Lipinski definition) is 4. The lowest BCUT2D eigenvalue weighted by atomic mass is 10.0. The van der Waals surface area contributed by atoms with Crippen LogP contribution in [-0.4, -0.2) is 41.6 Å². The van der Waals surface area contributed by atoms with Gasteiger partial charge in [0.1, 0.15) is 5.75 Å². The molecule has 4 heteroatoms. The molecule has 21 heavy (non-hydrogen) atoms. The number of thioether (sulfide) groups is 1. The van der Waals surface area contributed by atoms with Crippen LogP contribution in [0.25, 0.3) is 0 Å². The van der Waals surface area contributed by atoms with Crippen LogP contribution in [0.4, 0.5) is 0 Å². The molecule has 1 atom stereocenters. The van der Waals surface area contributed by atoms with E-state index >= 15 is 0 Å². The standard InChI is InChI=1S/C17H28N2OS/c1-4-10-20-15-7-5-14(6-8-15)16(12-18)19-9-11-21-17(2,3)13-19/h5-8,16H,4,9-13,18H2,1-3H3. The maximum Gasteiger partial charge on any atom is 0.119 e. The highest BCUT2D eigenvalue weighted by Gasteiger charge is 2.31. The van der Waals surface area contributed by atoms with E-state index in [1.807, 2.05) is 0 Å². The predicted molar refractivity (Wildman–Crippen MR) is 92.1 cm³/mol. The Morgan fingerprint density at radius 2 is 2.05 bits per heavy atom.